The van der Waals surface area contributed by atoms with Gasteiger partial charge in [0.05, 0.1) is 65.4 Å². The van der Waals surface area contributed by atoms with Crippen LogP contribution >= 0.6 is 34.0 Å². The number of rotatable bonds is 0. The average Bonchev–Trinajstić information content (AvgIpc) is 3.88. The van der Waals surface area contributed by atoms with Crippen molar-refractivity contribution in [2.75, 3.05) is 0 Å². The van der Waals surface area contributed by atoms with Crippen LogP contribution in [0.5, 0.6) is 0 Å². The van der Waals surface area contributed by atoms with Crippen LogP contribution in [0.4, 0.5) is 0 Å². The Hall–Kier alpha value is -6.39. The van der Waals surface area contributed by atoms with Gasteiger partial charge in [-0.3, -0.25) is 14.4 Å². The fourth-order valence-electron chi connectivity index (χ4n) is 8.94. The minimum atomic E-state index is -0.222. The lowest BCUT2D eigenvalue weighted by Gasteiger charge is -2.14. The molecule has 0 bridgehead atoms. The van der Waals surface area contributed by atoms with Gasteiger partial charge in [0.2, 0.25) is 16.3 Å². The maximum absolute atomic E-state index is 15.3. The molecule has 6 aromatic heterocycles. The zero-order valence-electron chi connectivity index (χ0n) is 27.8. The summed E-state index contributed by atoms with van der Waals surface area (Å²) in [7, 11) is 0. The number of H-pyrrole nitrogens is 3. The van der Waals surface area contributed by atoms with Crippen LogP contribution in [0.3, 0.4) is 0 Å². The third kappa shape index (κ3) is 3.48. The second kappa shape index (κ2) is 9.97. The first-order valence-corrected chi connectivity index (χ1v) is 20.0. The van der Waals surface area contributed by atoms with Crippen molar-refractivity contribution in [1.82, 2.24) is 15.0 Å². The Labute approximate surface area is 313 Å². The molecule has 13 rings (SSSR count). The molecule has 0 fully saturated rings. The molecule has 0 aliphatic rings. The van der Waals surface area contributed by atoms with Crippen LogP contribution in [0, 0.1) is 0 Å². The van der Waals surface area contributed by atoms with E-state index in [1.54, 1.807) is 34.0 Å². The van der Waals surface area contributed by atoms with Crippen LogP contribution in [0.1, 0.15) is 0 Å². The van der Waals surface area contributed by atoms with Crippen LogP contribution in [0.25, 0.3) is 126 Å². The van der Waals surface area contributed by atoms with Crippen LogP contribution in [-0.2, 0) is 0 Å². The van der Waals surface area contributed by atoms with Crippen molar-refractivity contribution in [3.8, 4) is 0 Å². The summed E-state index contributed by atoms with van der Waals surface area (Å²) in [4.78, 5) is 56.6. The van der Waals surface area contributed by atoms with E-state index in [9.17, 15) is 0 Å². The topological polar surface area (TPSA) is 98.6 Å². The zero-order chi connectivity index (χ0) is 35.6. The van der Waals surface area contributed by atoms with Gasteiger partial charge >= 0.3 is 0 Å². The molecule has 0 spiro atoms. The SMILES string of the molecule is O=c1c2c([nH]c3ccc4c5ccccc5sc4c13)c1c(=O)c3c(ccc4c5ccccc5sc43)[nH]c1c1c(=O)c3c(ccc4c5ccccc5sc43)[nH]c21. The van der Waals surface area contributed by atoms with Crippen LogP contribution in [0.15, 0.2) is 124 Å². The van der Waals surface area contributed by atoms with Crippen molar-refractivity contribution in [3.05, 3.63) is 140 Å². The fourth-order valence-corrected chi connectivity index (χ4v) is 12.7. The first kappa shape index (κ1) is 29.1. The molecule has 6 heterocycles. The van der Waals surface area contributed by atoms with Gasteiger partial charge in [0.1, 0.15) is 0 Å². The Balaban J connectivity index is 1.32. The standard InChI is InChI=1S/C45H21N3O3S3/c49-40-31-25(16-13-22-19-7-1-4-10-28(19)52-43(22)31)46-37-34(40)38-36(42(51)32-26(47-38)17-14-23-20-8-2-5-11-29(20)53-44(23)32)39-35(37)41(50)33-27(48-39)18-15-24-21-9-3-6-12-30(21)54-45(24)33/h1-18H,(H,46,49)(H,47,51)(H,48,50). The van der Waals surface area contributed by atoms with Crippen LogP contribution in [-0.4, -0.2) is 15.0 Å². The Bertz CT molecular complexity index is 3650. The molecule has 0 saturated carbocycles. The van der Waals surface area contributed by atoms with E-state index in [2.05, 4.69) is 51.4 Å². The molecule has 7 aromatic carbocycles. The minimum absolute atomic E-state index is 0.222. The Kier molecular flexibility index (Phi) is 5.38. The molecule has 0 saturated heterocycles. The lowest BCUT2D eigenvalue weighted by molar-refractivity contribution is 1.45. The van der Waals surface area contributed by atoms with E-state index in [0.29, 0.717) is 65.4 Å². The molecule has 0 atom stereocenters. The van der Waals surface area contributed by atoms with Crippen molar-refractivity contribution in [2.24, 2.45) is 0 Å². The highest BCUT2D eigenvalue weighted by atomic mass is 32.1. The van der Waals surface area contributed by atoms with Gasteiger partial charge in [-0.2, -0.15) is 0 Å². The molecule has 54 heavy (non-hydrogen) atoms. The number of hydrogen-bond acceptors (Lipinski definition) is 6. The Morgan fingerprint density at radius 1 is 0.315 bits per heavy atom. The number of nitrogens with one attached hydrogen (secondary N) is 3. The van der Waals surface area contributed by atoms with Gasteiger partial charge in [0.25, 0.3) is 0 Å². The summed E-state index contributed by atoms with van der Waals surface area (Å²) >= 11 is 4.75. The molecule has 0 amide bonds. The highest BCUT2D eigenvalue weighted by molar-refractivity contribution is 7.27. The second-order valence-electron chi connectivity index (χ2n) is 14.0. The summed E-state index contributed by atoms with van der Waals surface area (Å²) in [5.41, 5.74) is 2.49. The predicted octanol–water partition coefficient (Wildman–Crippen LogP) is 11.8. The first-order valence-electron chi connectivity index (χ1n) is 17.6. The summed E-state index contributed by atoms with van der Waals surface area (Å²) in [5, 5.41) is 8.82. The van der Waals surface area contributed by atoms with Crippen molar-refractivity contribution >= 4 is 160 Å². The van der Waals surface area contributed by atoms with Crippen molar-refractivity contribution in [1.29, 1.82) is 0 Å². The van der Waals surface area contributed by atoms with Crippen molar-refractivity contribution in [2.45, 2.75) is 0 Å². The van der Waals surface area contributed by atoms with E-state index < -0.39 is 0 Å². The number of pyridine rings is 3. The van der Waals surface area contributed by atoms with Gasteiger partial charge < -0.3 is 15.0 Å². The Morgan fingerprint density at radius 2 is 0.611 bits per heavy atom. The maximum Gasteiger partial charge on any atom is 0.200 e. The number of hydrogen-bond donors (Lipinski definition) is 3. The number of aromatic nitrogens is 3. The summed E-state index contributed by atoms with van der Waals surface area (Å²) in [6, 6.07) is 36.5. The molecule has 0 aliphatic heterocycles. The zero-order valence-corrected chi connectivity index (χ0v) is 30.3. The predicted molar refractivity (Wildman–Crippen MR) is 232 cm³/mol. The van der Waals surface area contributed by atoms with E-state index in [-0.39, 0.29) is 16.3 Å². The number of benzene rings is 7. The van der Waals surface area contributed by atoms with E-state index in [1.165, 1.54) is 0 Å². The molecular weight excluding hydrogens is 727 g/mol. The molecule has 252 valence electrons. The molecule has 0 aliphatic carbocycles. The normalized spacial score (nSPS) is 12.7. The third-order valence-electron chi connectivity index (χ3n) is 11.3. The van der Waals surface area contributed by atoms with E-state index in [1.807, 2.05) is 72.8 Å². The number of aromatic amines is 3. The fraction of sp³-hybridized carbons (Fsp3) is 0. The van der Waals surface area contributed by atoms with Crippen LogP contribution < -0.4 is 16.3 Å². The van der Waals surface area contributed by atoms with Crippen LogP contribution in [0.2, 0.25) is 0 Å². The minimum Gasteiger partial charge on any atom is -0.354 e. The third-order valence-corrected chi connectivity index (χ3v) is 14.9. The van der Waals surface area contributed by atoms with E-state index in [0.717, 1.165) is 60.5 Å². The summed E-state index contributed by atoms with van der Waals surface area (Å²) < 4.78 is 5.89. The number of fused-ring (bicyclic) bond motifs is 21. The monoisotopic (exact) mass is 747 g/mol. The van der Waals surface area contributed by atoms with Gasteiger partial charge in [-0.1, -0.05) is 72.8 Å². The maximum atomic E-state index is 15.3. The van der Waals surface area contributed by atoms with Gasteiger partial charge in [-0.15, -0.1) is 34.0 Å². The quantitative estimate of drug-likeness (QED) is 0.106. The lowest BCUT2D eigenvalue weighted by Crippen LogP contribution is -2.15. The lowest BCUT2D eigenvalue weighted by atomic mass is 9.97. The Morgan fingerprint density at radius 3 is 0.926 bits per heavy atom. The van der Waals surface area contributed by atoms with E-state index >= 15 is 14.4 Å². The van der Waals surface area contributed by atoms with Gasteiger partial charge in [0, 0.05) is 60.5 Å². The molecule has 0 radical (unpaired) electrons. The summed E-state index contributed by atoms with van der Waals surface area (Å²) in [6.07, 6.45) is 0. The largest absolute Gasteiger partial charge is 0.354 e. The molecule has 0 unspecified atom stereocenters. The number of thiophene rings is 3. The summed E-state index contributed by atoms with van der Waals surface area (Å²) in [6.45, 7) is 0. The summed E-state index contributed by atoms with van der Waals surface area (Å²) in [5.74, 6) is 0. The highest BCUT2D eigenvalue weighted by Crippen LogP contribution is 2.42. The molecule has 3 N–H and O–H groups in total. The van der Waals surface area contributed by atoms with Gasteiger partial charge in [-0.05, 0) is 36.4 Å². The first-order chi connectivity index (χ1) is 26.5. The molecule has 6 nitrogen and oxygen atoms in total. The molecular formula is C45H21N3O3S3. The molecule has 9 heteroatoms. The average molecular weight is 748 g/mol. The van der Waals surface area contributed by atoms with Crippen molar-refractivity contribution < 1.29 is 0 Å². The van der Waals surface area contributed by atoms with E-state index in [4.69, 9.17) is 0 Å². The second-order valence-corrected chi connectivity index (χ2v) is 17.2. The highest BCUT2D eigenvalue weighted by Gasteiger charge is 2.25. The smallest absolute Gasteiger partial charge is 0.200 e. The van der Waals surface area contributed by atoms with Gasteiger partial charge in [0.15, 0.2) is 0 Å². The van der Waals surface area contributed by atoms with Crippen molar-refractivity contribution in [3.63, 3.8) is 0 Å². The van der Waals surface area contributed by atoms with Gasteiger partial charge in [-0.25, -0.2) is 0 Å². The molecule has 13 aromatic rings.